The van der Waals surface area contributed by atoms with Gasteiger partial charge in [-0.1, -0.05) is 34.6 Å². The summed E-state index contributed by atoms with van der Waals surface area (Å²) in [5.41, 5.74) is -2.43. The molecule has 0 aromatic rings. The Morgan fingerprint density at radius 2 is 1.29 bits per heavy atom. The van der Waals surface area contributed by atoms with E-state index >= 15 is 0 Å². The number of halogens is 3. The summed E-state index contributed by atoms with van der Waals surface area (Å²) in [6.45, 7) is 10.9. The maximum Gasteiger partial charge on any atom is 0.246 e. The molecule has 4 heteroatoms. The third-order valence-corrected chi connectivity index (χ3v) is 4.97. The lowest BCUT2D eigenvalue weighted by Gasteiger charge is -2.51. The molecule has 0 N–H and O–H groups in total. The van der Waals surface area contributed by atoms with Gasteiger partial charge in [-0.15, -0.1) is 0 Å². The van der Waals surface area contributed by atoms with Gasteiger partial charge in [-0.05, 0) is 25.2 Å². The second-order valence-electron chi connectivity index (χ2n) is 6.59. The molecule has 104 valence electrons. The van der Waals surface area contributed by atoms with Gasteiger partial charge in [0, 0.05) is 6.42 Å². The Bertz CT molecular complexity index is 261. The van der Waals surface area contributed by atoms with Crippen LogP contribution < -0.4 is 0 Å². The molecule has 0 aromatic carbocycles. The van der Waals surface area contributed by atoms with Crippen LogP contribution in [0, 0.1) is 11.3 Å². The monoisotopic (exact) mass is 270 g/mol. The van der Waals surface area contributed by atoms with Crippen molar-refractivity contribution in [1.29, 1.82) is 0 Å². The van der Waals surface area contributed by atoms with E-state index in [2.05, 4.69) is 12.6 Å². The number of alkyl halides is 3. The molecule has 0 aromatic heterocycles. The lowest BCUT2D eigenvalue weighted by molar-refractivity contribution is -0.0627. The van der Waals surface area contributed by atoms with E-state index in [1.54, 1.807) is 34.6 Å². The van der Waals surface area contributed by atoms with E-state index in [9.17, 15) is 13.2 Å². The third-order valence-electron chi connectivity index (χ3n) is 3.70. The van der Waals surface area contributed by atoms with Gasteiger partial charge in [0.1, 0.15) is 5.67 Å². The van der Waals surface area contributed by atoms with Crippen molar-refractivity contribution in [2.75, 3.05) is 0 Å². The minimum Gasteiger partial charge on any atom is -0.242 e. The predicted molar refractivity (Wildman–Crippen MR) is 70.8 cm³/mol. The van der Waals surface area contributed by atoms with E-state index in [4.69, 9.17) is 0 Å². The number of hydrogen-bond donors (Lipinski definition) is 1. The van der Waals surface area contributed by atoms with Crippen molar-refractivity contribution in [3.8, 4) is 0 Å². The first-order valence-electron chi connectivity index (χ1n) is 5.94. The zero-order chi connectivity index (χ0) is 14.3. The summed E-state index contributed by atoms with van der Waals surface area (Å²) in [7, 11) is 0. The highest BCUT2D eigenvalue weighted by Gasteiger charge is 2.58. The van der Waals surface area contributed by atoms with Gasteiger partial charge in [-0.25, -0.2) is 13.2 Å². The van der Waals surface area contributed by atoms with Gasteiger partial charge in [0.05, 0.1) is 4.75 Å². The first-order valence-corrected chi connectivity index (χ1v) is 6.39. The summed E-state index contributed by atoms with van der Waals surface area (Å²) < 4.78 is 40.1. The summed E-state index contributed by atoms with van der Waals surface area (Å²) in [5.74, 6) is -3.31. The normalized spacial score (nSPS) is 21.2. The highest BCUT2D eigenvalue weighted by atomic mass is 32.1. The Morgan fingerprint density at radius 1 is 0.941 bits per heavy atom. The molecule has 0 fully saturated rings. The largest absolute Gasteiger partial charge is 0.246 e. The molecule has 0 aliphatic carbocycles. The molecule has 0 aliphatic rings. The van der Waals surface area contributed by atoms with Crippen LogP contribution in [0.3, 0.4) is 0 Å². The number of thiol groups is 1. The molecular weight excluding hydrogens is 245 g/mol. The molecular formula is C13H25F3S. The van der Waals surface area contributed by atoms with E-state index in [0.29, 0.717) is 0 Å². The summed E-state index contributed by atoms with van der Waals surface area (Å²) in [6.07, 6.45) is -0.572. The molecule has 0 bridgehead atoms. The van der Waals surface area contributed by atoms with Crippen molar-refractivity contribution in [2.45, 2.75) is 71.2 Å². The van der Waals surface area contributed by atoms with Crippen molar-refractivity contribution in [3.63, 3.8) is 0 Å². The van der Waals surface area contributed by atoms with Crippen LogP contribution in [-0.4, -0.2) is 16.3 Å². The molecule has 2 atom stereocenters. The van der Waals surface area contributed by atoms with Gasteiger partial charge in [0.25, 0.3) is 0 Å². The van der Waals surface area contributed by atoms with E-state index in [1.807, 2.05) is 0 Å². The molecule has 0 radical (unpaired) electrons. The number of rotatable bonds is 4. The van der Waals surface area contributed by atoms with Crippen LogP contribution in [0.5, 0.6) is 0 Å². The third kappa shape index (κ3) is 3.55. The predicted octanol–water partition coefficient (Wildman–Crippen LogP) is 5.13. The van der Waals surface area contributed by atoms with Crippen molar-refractivity contribution in [3.05, 3.63) is 0 Å². The van der Waals surface area contributed by atoms with Gasteiger partial charge in [0.15, 0.2) is 0 Å². The maximum absolute atomic E-state index is 14.9. The summed E-state index contributed by atoms with van der Waals surface area (Å²) >= 11 is 4.36. The van der Waals surface area contributed by atoms with Gasteiger partial charge < -0.3 is 0 Å². The van der Waals surface area contributed by atoms with Crippen molar-refractivity contribution in [2.24, 2.45) is 11.3 Å². The maximum atomic E-state index is 14.9. The molecule has 0 heterocycles. The molecule has 17 heavy (non-hydrogen) atoms. The first-order chi connectivity index (χ1) is 7.15. The van der Waals surface area contributed by atoms with Crippen molar-refractivity contribution in [1.82, 2.24) is 0 Å². The summed E-state index contributed by atoms with van der Waals surface area (Å²) in [4.78, 5) is 0. The fourth-order valence-electron chi connectivity index (χ4n) is 2.10. The second-order valence-corrected chi connectivity index (χ2v) is 7.35. The Balaban J connectivity index is 5.58. The molecule has 0 amide bonds. The van der Waals surface area contributed by atoms with E-state index in [-0.39, 0.29) is 5.92 Å². The lowest BCUT2D eigenvalue weighted by atomic mass is 9.65. The number of hydrogen-bond acceptors (Lipinski definition) is 1. The Morgan fingerprint density at radius 3 is 1.47 bits per heavy atom. The molecule has 0 nitrogen and oxygen atoms in total. The lowest BCUT2D eigenvalue weighted by Crippen LogP contribution is -2.58. The van der Waals surface area contributed by atoms with Crippen LogP contribution in [0.15, 0.2) is 0 Å². The average molecular weight is 270 g/mol. The quantitative estimate of drug-likeness (QED) is 0.673. The van der Waals surface area contributed by atoms with Crippen molar-refractivity contribution < 1.29 is 13.2 Å². The topological polar surface area (TPSA) is 0 Å². The SMILES string of the molecule is CC(C)C(C)(F)C(S)(CC(C)(F)F)C(C)(C)C. The molecule has 0 spiro atoms. The highest BCUT2D eigenvalue weighted by Crippen LogP contribution is 2.54. The van der Waals surface area contributed by atoms with Crippen LogP contribution in [0.4, 0.5) is 13.2 Å². The molecule has 0 aliphatic heterocycles. The molecule has 2 unspecified atom stereocenters. The van der Waals surface area contributed by atoms with Gasteiger partial charge in [-0.2, -0.15) is 12.6 Å². The van der Waals surface area contributed by atoms with Gasteiger partial charge in [0.2, 0.25) is 5.92 Å². The fraction of sp³-hybridized carbons (Fsp3) is 1.00. The van der Waals surface area contributed by atoms with Crippen LogP contribution >= 0.6 is 12.6 Å². The fourth-order valence-corrected chi connectivity index (χ4v) is 2.63. The minimum atomic E-state index is -2.93. The van der Waals surface area contributed by atoms with Crippen LogP contribution in [0.2, 0.25) is 0 Å². The minimum absolute atomic E-state index is 0.374. The molecule has 0 rings (SSSR count). The summed E-state index contributed by atoms with van der Waals surface area (Å²) in [5, 5.41) is 0. The van der Waals surface area contributed by atoms with Gasteiger partial charge in [-0.3, -0.25) is 0 Å². The Labute approximate surface area is 109 Å². The van der Waals surface area contributed by atoms with Gasteiger partial charge >= 0.3 is 0 Å². The van der Waals surface area contributed by atoms with Crippen LogP contribution in [0.1, 0.15) is 54.9 Å². The molecule has 0 saturated heterocycles. The zero-order valence-corrected chi connectivity index (χ0v) is 12.8. The zero-order valence-electron chi connectivity index (χ0n) is 11.9. The van der Waals surface area contributed by atoms with E-state index in [1.165, 1.54) is 6.92 Å². The standard InChI is InChI=1S/C13H25F3S/c1-9(2)12(7,16)13(17,10(3,4)5)8-11(6,14)15/h9,17H,8H2,1-7H3. The Kier molecular flexibility index (Phi) is 4.71. The highest BCUT2D eigenvalue weighted by molar-refractivity contribution is 7.82. The first kappa shape index (κ1) is 17.1. The molecule has 0 saturated carbocycles. The Hall–Kier alpha value is 0.140. The van der Waals surface area contributed by atoms with Crippen LogP contribution in [-0.2, 0) is 0 Å². The summed E-state index contributed by atoms with van der Waals surface area (Å²) in [6, 6.07) is 0. The van der Waals surface area contributed by atoms with Crippen LogP contribution in [0.25, 0.3) is 0 Å². The second kappa shape index (κ2) is 4.67. The van der Waals surface area contributed by atoms with Crippen molar-refractivity contribution >= 4 is 12.6 Å². The average Bonchev–Trinajstić information content (AvgIpc) is 1.97. The van der Waals surface area contributed by atoms with E-state index < -0.39 is 28.2 Å². The van der Waals surface area contributed by atoms with E-state index in [0.717, 1.165) is 6.92 Å². The smallest absolute Gasteiger partial charge is 0.242 e.